The molecule has 2 aromatic rings. The molecule has 1 aliphatic carbocycles. The first-order valence-corrected chi connectivity index (χ1v) is 12.4. The highest BCUT2D eigenvalue weighted by Crippen LogP contribution is 2.35. The summed E-state index contributed by atoms with van der Waals surface area (Å²) in [5.41, 5.74) is 1.92. The van der Waals surface area contributed by atoms with E-state index in [1.807, 2.05) is 24.8 Å². The van der Waals surface area contributed by atoms with E-state index in [0.29, 0.717) is 23.5 Å². The first-order chi connectivity index (χ1) is 15.5. The van der Waals surface area contributed by atoms with Crippen molar-refractivity contribution in [2.45, 2.75) is 84.0 Å². The third-order valence-electron chi connectivity index (χ3n) is 6.25. The van der Waals surface area contributed by atoms with Crippen LogP contribution in [-0.4, -0.2) is 62.1 Å². The third kappa shape index (κ3) is 5.04. The van der Waals surface area contributed by atoms with Crippen LogP contribution >= 0.6 is 11.3 Å². The molecule has 1 saturated carbocycles. The van der Waals surface area contributed by atoms with E-state index in [4.69, 9.17) is 0 Å². The zero-order valence-electron chi connectivity index (χ0n) is 19.9. The largest absolute Gasteiger partial charge is 0.391 e. The summed E-state index contributed by atoms with van der Waals surface area (Å²) < 4.78 is 0. The maximum absolute atomic E-state index is 13.5. The fourth-order valence-corrected chi connectivity index (χ4v) is 5.28. The minimum atomic E-state index is -0.519. The summed E-state index contributed by atoms with van der Waals surface area (Å²) >= 11 is 1.21. The summed E-state index contributed by atoms with van der Waals surface area (Å²) in [7, 11) is 0. The second-order valence-corrected chi connectivity index (χ2v) is 11.2. The van der Waals surface area contributed by atoms with Gasteiger partial charge < -0.3 is 20.6 Å². The Labute approximate surface area is 198 Å². The van der Waals surface area contributed by atoms with Crippen molar-refractivity contribution in [1.82, 2.24) is 20.2 Å². The summed E-state index contributed by atoms with van der Waals surface area (Å²) in [5.74, 6) is 0.256. The Morgan fingerprint density at radius 1 is 1.24 bits per heavy atom. The fourth-order valence-electron chi connectivity index (χ4n) is 4.24. The average molecular weight is 472 g/mol. The molecular weight excluding hydrogens is 438 g/mol. The molecule has 0 bridgehead atoms. The van der Waals surface area contributed by atoms with Gasteiger partial charge in [-0.15, -0.1) is 11.3 Å². The van der Waals surface area contributed by atoms with E-state index in [-0.39, 0.29) is 34.4 Å². The van der Waals surface area contributed by atoms with E-state index < -0.39 is 6.10 Å². The molecule has 8 nitrogen and oxygen atoms in total. The van der Waals surface area contributed by atoms with E-state index in [9.17, 15) is 14.7 Å². The Hall–Kier alpha value is -2.52. The Morgan fingerprint density at radius 3 is 2.55 bits per heavy atom. The van der Waals surface area contributed by atoms with E-state index in [0.717, 1.165) is 36.2 Å². The van der Waals surface area contributed by atoms with E-state index in [2.05, 4.69) is 41.4 Å². The lowest BCUT2D eigenvalue weighted by Gasteiger charge is -2.32. The van der Waals surface area contributed by atoms with Crippen LogP contribution in [-0.2, 0) is 0 Å². The van der Waals surface area contributed by atoms with Crippen molar-refractivity contribution in [3.63, 3.8) is 0 Å². The van der Waals surface area contributed by atoms with Crippen molar-refractivity contribution in [1.29, 1.82) is 0 Å². The zero-order chi connectivity index (χ0) is 23.9. The van der Waals surface area contributed by atoms with Gasteiger partial charge in [-0.25, -0.2) is 9.97 Å². The lowest BCUT2D eigenvalue weighted by atomic mass is 9.89. The Morgan fingerprint density at radius 2 is 2.00 bits per heavy atom. The standard InChI is InChI=1S/C24H33N5O3S/c1-13-11-18(28-24(3,4)5)25-12-15(13)20-19(23(32)29-10-6-7-14(29)2)27-22(33-20)21(31)26-16-8-9-17(16)30/h11-12,14,16-17,30H,6-10H2,1-5H3,(H,25,28)(H,26,31)/t14-,16-,17-/m0/s1. The minimum Gasteiger partial charge on any atom is -0.391 e. The molecule has 0 radical (unpaired) electrons. The lowest BCUT2D eigenvalue weighted by Crippen LogP contribution is -2.50. The molecule has 4 rings (SSSR count). The highest BCUT2D eigenvalue weighted by atomic mass is 32.1. The van der Waals surface area contributed by atoms with Crippen LogP contribution in [0.2, 0.25) is 0 Å². The lowest BCUT2D eigenvalue weighted by molar-refractivity contribution is 0.0447. The second-order valence-electron chi connectivity index (χ2n) is 10.2. The van der Waals surface area contributed by atoms with Gasteiger partial charge in [-0.1, -0.05) is 0 Å². The van der Waals surface area contributed by atoms with Crippen LogP contribution in [0.15, 0.2) is 12.3 Å². The molecule has 1 saturated heterocycles. The normalized spacial score (nSPS) is 22.7. The molecule has 3 heterocycles. The number of carbonyl (C=O) groups is 2. The number of rotatable bonds is 5. The summed E-state index contributed by atoms with van der Waals surface area (Å²) in [6, 6.07) is 1.85. The molecule has 178 valence electrons. The van der Waals surface area contributed by atoms with Crippen molar-refractivity contribution in [2.75, 3.05) is 11.9 Å². The molecule has 0 unspecified atom stereocenters. The smallest absolute Gasteiger partial charge is 0.280 e. The predicted molar refractivity (Wildman–Crippen MR) is 130 cm³/mol. The van der Waals surface area contributed by atoms with Gasteiger partial charge in [0.1, 0.15) is 11.5 Å². The minimum absolute atomic E-state index is 0.129. The molecule has 0 aromatic carbocycles. The number of anilines is 1. The number of nitrogens with zero attached hydrogens (tertiary/aromatic N) is 3. The van der Waals surface area contributed by atoms with Gasteiger partial charge in [0, 0.05) is 29.9 Å². The van der Waals surface area contributed by atoms with Crippen molar-refractivity contribution in [3.05, 3.63) is 28.5 Å². The molecule has 2 fully saturated rings. The highest BCUT2D eigenvalue weighted by Gasteiger charge is 2.34. The van der Waals surface area contributed by atoms with Crippen LogP contribution in [0.5, 0.6) is 0 Å². The SMILES string of the molecule is Cc1cc(NC(C)(C)C)ncc1-c1sc(C(=O)N[C@H]2CC[C@@H]2O)nc1C(=O)N1CCC[C@@H]1C. The van der Waals surface area contributed by atoms with Crippen molar-refractivity contribution >= 4 is 29.0 Å². The molecular formula is C24H33N5O3S. The number of hydrogen-bond acceptors (Lipinski definition) is 7. The first-order valence-electron chi connectivity index (χ1n) is 11.6. The number of carbonyl (C=O) groups excluding carboxylic acids is 2. The van der Waals surface area contributed by atoms with E-state index in [1.54, 1.807) is 6.20 Å². The number of aliphatic hydroxyl groups excluding tert-OH is 1. The van der Waals surface area contributed by atoms with Crippen molar-refractivity contribution in [3.8, 4) is 10.4 Å². The van der Waals surface area contributed by atoms with Gasteiger partial charge >= 0.3 is 0 Å². The number of aromatic nitrogens is 2. The molecule has 0 spiro atoms. The van der Waals surface area contributed by atoms with Crippen molar-refractivity contribution < 1.29 is 14.7 Å². The maximum atomic E-state index is 13.5. The van der Waals surface area contributed by atoms with E-state index >= 15 is 0 Å². The van der Waals surface area contributed by atoms with Crippen LogP contribution in [0.25, 0.3) is 10.4 Å². The topological polar surface area (TPSA) is 107 Å². The van der Waals surface area contributed by atoms with Gasteiger partial charge in [0.2, 0.25) is 0 Å². The third-order valence-corrected chi connectivity index (χ3v) is 7.34. The van der Waals surface area contributed by atoms with Crippen LogP contribution in [0.1, 0.15) is 79.2 Å². The van der Waals surface area contributed by atoms with E-state index in [1.165, 1.54) is 11.3 Å². The molecule has 2 aromatic heterocycles. The summed E-state index contributed by atoms with van der Waals surface area (Å²) in [5, 5.41) is 16.3. The van der Waals surface area contributed by atoms with Gasteiger partial charge in [-0.05, 0) is 71.9 Å². The van der Waals surface area contributed by atoms with Gasteiger partial charge in [-0.2, -0.15) is 0 Å². The summed E-state index contributed by atoms with van der Waals surface area (Å²) in [6.07, 6.45) is 4.59. The van der Waals surface area contributed by atoms with Gasteiger partial charge in [0.15, 0.2) is 5.01 Å². The number of aryl methyl sites for hydroxylation is 1. The number of hydrogen-bond donors (Lipinski definition) is 3. The Kier molecular flexibility index (Phi) is 6.46. The van der Waals surface area contributed by atoms with Crippen molar-refractivity contribution in [2.24, 2.45) is 0 Å². The predicted octanol–water partition coefficient (Wildman–Crippen LogP) is 3.60. The van der Waals surface area contributed by atoms with Crippen LogP contribution < -0.4 is 10.6 Å². The van der Waals surface area contributed by atoms with Gasteiger partial charge in [0.05, 0.1) is 17.0 Å². The number of likely N-dealkylation sites (tertiary alicyclic amines) is 1. The highest BCUT2D eigenvalue weighted by molar-refractivity contribution is 7.17. The maximum Gasteiger partial charge on any atom is 0.280 e. The summed E-state index contributed by atoms with van der Waals surface area (Å²) in [6.45, 7) is 10.9. The summed E-state index contributed by atoms with van der Waals surface area (Å²) in [4.78, 5) is 37.9. The molecule has 3 N–H and O–H groups in total. The molecule has 3 atom stereocenters. The van der Waals surface area contributed by atoms with Crippen LogP contribution in [0, 0.1) is 6.92 Å². The van der Waals surface area contributed by atoms with Gasteiger partial charge in [-0.3, -0.25) is 9.59 Å². The average Bonchev–Trinajstić information content (AvgIpc) is 3.36. The second kappa shape index (κ2) is 9.02. The molecule has 2 amide bonds. The number of nitrogens with one attached hydrogen (secondary N) is 2. The monoisotopic (exact) mass is 471 g/mol. The molecule has 33 heavy (non-hydrogen) atoms. The quantitative estimate of drug-likeness (QED) is 0.615. The molecule has 1 aliphatic heterocycles. The number of pyridine rings is 1. The Bertz CT molecular complexity index is 1060. The first kappa shape index (κ1) is 23.6. The number of amides is 2. The number of aliphatic hydroxyl groups is 1. The van der Waals surface area contributed by atoms with Gasteiger partial charge in [0.25, 0.3) is 11.8 Å². The number of thiazole rings is 1. The zero-order valence-corrected chi connectivity index (χ0v) is 20.8. The van der Waals surface area contributed by atoms with Crippen LogP contribution in [0.4, 0.5) is 5.82 Å². The van der Waals surface area contributed by atoms with Crippen LogP contribution in [0.3, 0.4) is 0 Å². The fraction of sp³-hybridized carbons (Fsp3) is 0.583. The molecule has 2 aliphatic rings. The molecule has 9 heteroatoms. The Balaban J connectivity index is 1.70.